The molecule has 1 heterocycles. The number of imidazole rings is 1. The molecule has 0 radical (unpaired) electrons. The standard InChI is InChI=1S/C16H17F3N4O2/c1-23-12-7-6-10(8-11(12)22-15(23)16(17,18)19)21-14(25)13(24)20-9-4-2-3-5-9/h6-9H,2-5H2,1H3,(H,20,24)(H,21,25). The Labute approximate surface area is 141 Å². The number of halogens is 3. The summed E-state index contributed by atoms with van der Waals surface area (Å²) in [6.45, 7) is 0. The first-order valence-corrected chi connectivity index (χ1v) is 7.91. The van der Waals surface area contributed by atoms with E-state index in [9.17, 15) is 22.8 Å². The van der Waals surface area contributed by atoms with Crippen LogP contribution in [0.2, 0.25) is 0 Å². The maximum absolute atomic E-state index is 12.9. The number of aryl methyl sites for hydroxylation is 1. The number of anilines is 1. The molecule has 0 aliphatic heterocycles. The smallest absolute Gasteiger partial charge is 0.345 e. The zero-order valence-electron chi connectivity index (χ0n) is 13.5. The molecule has 1 saturated carbocycles. The molecule has 1 aliphatic carbocycles. The number of nitrogens with zero attached hydrogens (tertiary/aromatic N) is 2. The van der Waals surface area contributed by atoms with Gasteiger partial charge in [-0.25, -0.2) is 4.98 Å². The van der Waals surface area contributed by atoms with Gasteiger partial charge in [0.1, 0.15) is 0 Å². The van der Waals surface area contributed by atoms with Crippen LogP contribution in [-0.4, -0.2) is 27.4 Å². The van der Waals surface area contributed by atoms with Crippen LogP contribution in [0, 0.1) is 0 Å². The first-order chi connectivity index (χ1) is 11.8. The zero-order valence-corrected chi connectivity index (χ0v) is 13.5. The van der Waals surface area contributed by atoms with Gasteiger partial charge in [0, 0.05) is 18.8 Å². The highest BCUT2D eigenvalue weighted by atomic mass is 19.4. The van der Waals surface area contributed by atoms with E-state index in [1.165, 1.54) is 25.2 Å². The van der Waals surface area contributed by atoms with Gasteiger partial charge in [0.15, 0.2) is 0 Å². The average molecular weight is 354 g/mol. The van der Waals surface area contributed by atoms with Crippen LogP contribution in [-0.2, 0) is 22.8 Å². The molecule has 25 heavy (non-hydrogen) atoms. The minimum atomic E-state index is -4.57. The van der Waals surface area contributed by atoms with E-state index in [0.29, 0.717) is 0 Å². The Hall–Kier alpha value is -2.58. The molecule has 0 spiro atoms. The van der Waals surface area contributed by atoms with Gasteiger partial charge in [-0.05, 0) is 31.0 Å². The molecule has 9 heteroatoms. The molecular weight excluding hydrogens is 337 g/mol. The summed E-state index contributed by atoms with van der Waals surface area (Å²) in [6, 6.07) is 4.17. The van der Waals surface area contributed by atoms with Crippen molar-refractivity contribution in [1.29, 1.82) is 0 Å². The Kier molecular flexibility index (Phi) is 4.40. The van der Waals surface area contributed by atoms with Crippen molar-refractivity contribution in [2.75, 3.05) is 5.32 Å². The predicted molar refractivity (Wildman–Crippen MR) is 84.7 cm³/mol. The highest BCUT2D eigenvalue weighted by Gasteiger charge is 2.36. The van der Waals surface area contributed by atoms with Crippen molar-refractivity contribution in [1.82, 2.24) is 14.9 Å². The molecule has 134 valence electrons. The molecule has 1 aromatic heterocycles. The molecule has 2 amide bonds. The topological polar surface area (TPSA) is 76.0 Å². The molecular formula is C16H17F3N4O2. The van der Waals surface area contributed by atoms with E-state index in [4.69, 9.17) is 0 Å². The number of carbonyl (C=O) groups excluding carboxylic acids is 2. The molecule has 0 bridgehead atoms. The van der Waals surface area contributed by atoms with Gasteiger partial charge in [-0.3, -0.25) is 9.59 Å². The van der Waals surface area contributed by atoms with Crippen LogP contribution < -0.4 is 10.6 Å². The third-order valence-electron chi connectivity index (χ3n) is 4.29. The van der Waals surface area contributed by atoms with Crippen LogP contribution in [0.1, 0.15) is 31.5 Å². The second-order valence-electron chi connectivity index (χ2n) is 6.10. The quantitative estimate of drug-likeness (QED) is 0.814. The number of alkyl halides is 3. The van der Waals surface area contributed by atoms with Crippen molar-refractivity contribution in [3.63, 3.8) is 0 Å². The SMILES string of the molecule is Cn1c(C(F)(F)F)nc2cc(NC(=O)C(=O)NC3CCCC3)ccc21. The van der Waals surface area contributed by atoms with Crippen molar-refractivity contribution >= 4 is 28.5 Å². The minimum absolute atomic E-state index is 0.00543. The van der Waals surface area contributed by atoms with Gasteiger partial charge < -0.3 is 15.2 Å². The fourth-order valence-corrected chi connectivity index (χ4v) is 3.04. The van der Waals surface area contributed by atoms with Crippen LogP contribution in [0.15, 0.2) is 18.2 Å². The van der Waals surface area contributed by atoms with E-state index < -0.39 is 23.8 Å². The number of nitrogens with one attached hydrogen (secondary N) is 2. The first kappa shape index (κ1) is 17.2. The summed E-state index contributed by atoms with van der Waals surface area (Å²) in [4.78, 5) is 27.4. The molecule has 6 nitrogen and oxygen atoms in total. The molecule has 3 rings (SSSR count). The summed E-state index contributed by atoms with van der Waals surface area (Å²) in [5.74, 6) is -2.62. The molecule has 0 saturated heterocycles. The van der Waals surface area contributed by atoms with Crippen molar-refractivity contribution in [2.24, 2.45) is 7.05 Å². The maximum Gasteiger partial charge on any atom is 0.449 e. The summed E-state index contributed by atoms with van der Waals surface area (Å²) < 4.78 is 39.6. The molecule has 0 atom stereocenters. The fourth-order valence-electron chi connectivity index (χ4n) is 3.04. The lowest BCUT2D eigenvalue weighted by Crippen LogP contribution is -2.40. The molecule has 1 aliphatic rings. The van der Waals surface area contributed by atoms with Gasteiger partial charge >= 0.3 is 18.0 Å². The number of rotatable bonds is 2. The lowest BCUT2D eigenvalue weighted by Gasteiger charge is -2.11. The van der Waals surface area contributed by atoms with Crippen LogP contribution in [0.5, 0.6) is 0 Å². The van der Waals surface area contributed by atoms with E-state index in [-0.39, 0.29) is 22.8 Å². The normalized spacial score (nSPS) is 15.5. The Bertz CT molecular complexity index is 823. The Morgan fingerprint density at radius 2 is 1.88 bits per heavy atom. The average Bonchev–Trinajstić information content (AvgIpc) is 3.14. The monoisotopic (exact) mass is 354 g/mol. The van der Waals surface area contributed by atoms with Crippen LogP contribution in [0.4, 0.5) is 18.9 Å². The second-order valence-corrected chi connectivity index (χ2v) is 6.10. The number of hydrogen-bond acceptors (Lipinski definition) is 3. The first-order valence-electron chi connectivity index (χ1n) is 7.91. The summed E-state index contributed by atoms with van der Waals surface area (Å²) in [7, 11) is 1.27. The summed E-state index contributed by atoms with van der Waals surface area (Å²) >= 11 is 0. The minimum Gasteiger partial charge on any atom is -0.345 e. The van der Waals surface area contributed by atoms with Gasteiger partial charge in [0.25, 0.3) is 0 Å². The molecule has 2 aromatic rings. The molecule has 1 fully saturated rings. The number of aromatic nitrogens is 2. The molecule has 1 aromatic carbocycles. The van der Waals surface area contributed by atoms with Crippen molar-refractivity contribution < 1.29 is 22.8 Å². The predicted octanol–water partition coefficient (Wildman–Crippen LogP) is 2.59. The number of benzene rings is 1. The zero-order chi connectivity index (χ0) is 18.2. The van der Waals surface area contributed by atoms with Crippen LogP contribution >= 0.6 is 0 Å². The van der Waals surface area contributed by atoms with E-state index in [1.807, 2.05) is 0 Å². The highest BCUT2D eigenvalue weighted by molar-refractivity contribution is 6.39. The second kappa shape index (κ2) is 6.38. The summed E-state index contributed by atoms with van der Waals surface area (Å²) in [6.07, 6.45) is -0.842. The summed E-state index contributed by atoms with van der Waals surface area (Å²) in [5.41, 5.74) is 0.579. The Morgan fingerprint density at radius 3 is 2.52 bits per heavy atom. The van der Waals surface area contributed by atoms with Crippen LogP contribution in [0.25, 0.3) is 11.0 Å². The van der Waals surface area contributed by atoms with Crippen LogP contribution in [0.3, 0.4) is 0 Å². The van der Waals surface area contributed by atoms with Crippen molar-refractivity contribution in [3.05, 3.63) is 24.0 Å². The largest absolute Gasteiger partial charge is 0.449 e. The number of fused-ring (bicyclic) bond motifs is 1. The Balaban J connectivity index is 1.75. The lowest BCUT2D eigenvalue weighted by atomic mass is 10.2. The van der Waals surface area contributed by atoms with E-state index in [1.54, 1.807) is 0 Å². The van der Waals surface area contributed by atoms with Crippen molar-refractivity contribution in [2.45, 2.75) is 37.9 Å². The molecule has 2 N–H and O–H groups in total. The lowest BCUT2D eigenvalue weighted by molar-refractivity contribution is -0.146. The number of carbonyl (C=O) groups is 2. The van der Waals surface area contributed by atoms with Gasteiger partial charge in [0.05, 0.1) is 11.0 Å². The van der Waals surface area contributed by atoms with Gasteiger partial charge in [-0.2, -0.15) is 13.2 Å². The number of hydrogen-bond donors (Lipinski definition) is 2. The van der Waals surface area contributed by atoms with E-state index >= 15 is 0 Å². The number of amides is 2. The third-order valence-corrected chi connectivity index (χ3v) is 4.29. The highest BCUT2D eigenvalue weighted by Crippen LogP contribution is 2.31. The maximum atomic E-state index is 12.9. The Morgan fingerprint density at radius 1 is 1.20 bits per heavy atom. The van der Waals surface area contributed by atoms with Gasteiger partial charge in [-0.15, -0.1) is 0 Å². The van der Waals surface area contributed by atoms with Crippen molar-refractivity contribution in [3.8, 4) is 0 Å². The van der Waals surface area contributed by atoms with E-state index in [0.717, 1.165) is 30.3 Å². The fraction of sp³-hybridized carbons (Fsp3) is 0.438. The molecule has 0 unspecified atom stereocenters. The summed E-state index contributed by atoms with van der Waals surface area (Å²) in [5, 5.41) is 5.04. The van der Waals surface area contributed by atoms with E-state index in [2.05, 4.69) is 15.6 Å². The van der Waals surface area contributed by atoms with Gasteiger partial charge in [0.2, 0.25) is 5.82 Å². The van der Waals surface area contributed by atoms with Gasteiger partial charge in [-0.1, -0.05) is 12.8 Å². The third kappa shape index (κ3) is 3.59.